The Morgan fingerprint density at radius 1 is 1.67 bits per heavy atom. The van der Waals surface area contributed by atoms with Gasteiger partial charge in [-0.05, 0) is 27.0 Å². The fourth-order valence-electron chi connectivity index (χ4n) is 0.799. The largest absolute Gasteiger partial charge is 0.314 e. The van der Waals surface area contributed by atoms with E-state index in [4.69, 9.17) is 0 Å². The lowest BCUT2D eigenvalue weighted by Crippen LogP contribution is -2.17. The molecule has 0 bridgehead atoms. The normalized spacial score (nSPS) is 13.9. The molecular formula is C9H14N2S. The van der Waals surface area contributed by atoms with E-state index in [-0.39, 0.29) is 0 Å². The van der Waals surface area contributed by atoms with Gasteiger partial charge in [-0.15, -0.1) is 11.3 Å². The maximum absolute atomic E-state index is 4.17. The van der Waals surface area contributed by atoms with Crippen LogP contribution in [0.4, 0.5) is 0 Å². The third-order valence-corrected chi connectivity index (χ3v) is 2.67. The highest BCUT2D eigenvalue weighted by Crippen LogP contribution is 2.13. The zero-order valence-electron chi connectivity index (χ0n) is 7.66. The topological polar surface area (TPSA) is 24.9 Å². The number of nitrogens with zero attached hydrogens (tertiary/aromatic N) is 1. The molecule has 1 atom stereocenters. The van der Waals surface area contributed by atoms with Crippen molar-refractivity contribution in [3.8, 4) is 0 Å². The van der Waals surface area contributed by atoms with Crippen LogP contribution in [0.25, 0.3) is 6.08 Å². The first-order valence-corrected chi connectivity index (χ1v) is 4.87. The van der Waals surface area contributed by atoms with Crippen LogP contribution >= 0.6 is 11.3 Å². The average molecular weight is 182 g/mol. The summed E-state index contributed by atoms with van der Waals surface area (Å²) < 4.78 is 0. The van der Waals surface area contributed by atoms with Crippen LogP contribution < -0.4 is 5.32 Å². The summed E-state index contributed by atoms with van der Waals surface area (Å²) in [4.78, 5) is 5.41. The van der Waals surface area contributed by atoms with Gasteiger partial charge in [0, 0.05) is 10.9 Å². The molecule has 0 radical (unpaired) electrons. The highest BCUT2D eigenvalue weighted by molar-refractivity contribution is 7.10. The Hall–Kier alpha value is -0.670. The fraction of sp³-hybridized carbons (Fsp3) is 0.444. The van der Waals surface area contributed by atoms with E-state index in [9.17, 15) is 0 Å². The molecular weight excluding hydrogens is 168 g/mol. The van der Waals surface area contributed by atoms with E-state index in [2.05, 4.69) is 29.4 Å². The standard InChI is InChI=1S/C9H14N2S/c1-7(10-3)4-5-9-8(2)11-6-12-9/h4-7,10H,1-3H3/b5-4+. The molecule has 0 aliphatic heterocycles. The van der Waals surface area contributed by atoms with Crippen LogP contribution in [0.1, 0.15) is 17.5 Å². The molecule has 1 unspecified atom stereocenters. The first-order valence-electron chi connectivity index (χ1n) is 3.99. The summed E-state index contributed by atoms with van der Waals surface area (Å²) >= 11 is 1.68. The molecule has 1 N–H and O–H groups in total. The molecule has 0 saturated heterocycles. The molecule has 66 valence electrons. The molecule has 1 aromatic rings. The van der Waals surface area contributed by atoms with Gasteiger partial charge in [-0.2, -0.15) is 0 Å². The van der Waals surface area contributed by atoms with Gasteiger partial charge in [-0.1, -0.05) is 6.08 Å². The second kappa shape index (κ2) is 4.38. The molecule has 0 amide bonds. The zero-order valence-corrected chi connectivity index (χ0v) is 8.48. The molecule has 0 fully saturated rings. The highest BCUT2D eigenvalue weighted by Gasteiger charge is 1.96. The summed E-state index contributed by atoms with van der Waals surface area (Å²) in [7, 11) is 1.95. The minimum atomic E-state index is 0.423. The number of hydrogen-bond acceptors (Lipinski definition) is 3. The first kappa shape index (κ1) is 9.42. The Labute approximate surface area is 77.3 Å². The lowest BCUT2D eigenvalue weighted by molar-refractivity contribution is 0.731. The Balaban J connectivity index is 2.63. The van der Waals surface area contributed by atoms with E-state index in [0.29, 0.717) is 6.04 Å². The van der Waals surface area contributed by atoms with Crippen molar-refractivity contribution in [2.24, 2.45) is 0 Å². The number of nitrogens with one attached hydrogen (secondary N) is 1. The molecule has 1 aromatic heterocycles. The van der Waals surface area contributed by atoms with Gasteiger partial charge in [0.25, 0.3) is 0 Å². The van der Waals surface area contributed by atoms with Gasteiger partial charge in [-0.25, -0.2) is 4.98 Å². The second-order valence-corrected chi connectivity index (χ2v) is 3.62. The molecule has 2 nitrogen and oxygen atoms in total. The zero-order chi connectivity index (χ0) is 8.97. The average Bonchev–Trinajstić information content (AvgIpc) is 2.47. The second-order valence-electron chi connectivity index (χ2n) is 2.74. The van der Waals surface area contributed by atoms with Gasteiger partial charge in [0.05, 0.1) is 11.2 Å². The van der Waals surface area contributed by atoms with Gasteiger partial charge in [-0.3, -0.25) is 0 Å². The monoisotopic (exact) mass is 182 g/mol. The molecule has 0 aromatic carbocycles. The summed E-state index contributed by atoms with van der Waals surface area (Å²) in [6.45, 7) is 4.15. The predicted molar refractivity (Wildman–Crippen MR) is 54.4 cm³/mol. The van der Waals surface area contributed by atoms with E-state index in [1.807, 2.05) is 19.5 Å². The molecule has 1 heterocycles. The van der Waals surface area contributed by atoms with Crippen LogP contribution in [0.5, 0.6) is 0 Å². The molecule has 12 heavy (non-hydrogen) atoms. The lowest BCUT2D eigenvalue weighted by Gasteiger charge is -2.01. The molecule has 1 rings (SSSR count). The number of aryl methyl sites for hydroxylation is 1. The third-order valence-electron chi connectivity index (χ3n) is 1.77. The van der Waals surface area contributed by atoms with Gasteiger partial charge < -0.3 is 5.32 Å². The summed E-state index contributed by atoms with van der Waals surface area (Å²) in [5.41, 5.74) is 2.98. The third kappa shape index (κ3) is 2.43. The number of thiazole rings is 1. The molecule has 3 heteroatoms. The summed E-state index contributed by atoms with van der Waals surface area (Å²) in [6, 6.07) is 0.423. The Morgan fingerprint density at radius 2 is 2.42 bits per heavy atom. The Kier molecular flexibility index (Phi) is 3.44. The van der Waals surface area contributed by atoms with Crippen molar-refractivity contribution in [1.82, 2.24) is 10.3 Å². The van der Waals surface area contributed by atoms with E-state index in [0.717, 1.165) is 5.69 Å². The quantitative estimate of drug-likeness (QED) is 0.774. The molecule has 0 aliphatic rings. The van der Waals surface area contributed by atoms with Crippen molar-refractivity contribution in [3.63, 3.8) is 0 Å². The van der Waals surface area contributed by atoms with Crippen LogP contribution in [0.3, 0.4) is 0 Å². The van der Waals surface area contributed by atoms with Gasteiger partial charge in [0.15, 0.2) is 0 Å². The van der Waals surface area contributed by atoms with Crippen LogP contribution in [-0.2, 0) is 0 Å². The maximum Gasteiger partial charge on any atom is 0.0801 e. The minimum absolute atomic E-state index is 0.423. The first-order chi connectivity index (χ1) is 5.74. The SMILES string of the molecule is CNC(C)/C=C/c1scnc1C. The number of aromatic nitrogens is 1. The van der Waals surface area contributed by atoms with E-state index < -0.39 is 0 Å². The van der Waals surface area contributed by atoms with E-state index in [1.165, 1.54) is 4.88 Å². The lowest BCUT2D eigenvalue weighted by atomic mass is 10.3. The highest BCUT2D eigenvalue weighted by atomic mass is 32.1. The van der Waals surface area contributed by atoms with Crippen LogP contribution in [0, 0.1) is 6.92 Å². The number of rotatable bonds is 3. The molecule has 0 spiro atoms. The van der Waals surface area contributed by atoms with Crippen LogP contribution in [-0.4, -0.2) is 18.1 Å². The summed E-state index contributed by atoms with van der Waals surface area (Å²) in [5, 5.41) is 3.14. The number of likely N-dealkylation sites (N-methyl/N-ethyl adjacent to an activating group) is 1. The predicted octanol–water partition coefficient (Wildman–Crippen LogP) is 2.07. The van der Waals surface area contributed by atoms with Crippen molar-refractivity contribution < 1.29 is 0 Å². The smallest absolute Gasteiger partial charge is 0.0801 e. The molecule has 0 aliphatic carbocycles. The Bertz CT molecular complexity index is 265. The van der Waals surface area contributed by atoms with E-state index >= 15 is 0 Å². The summed E-state index contributed by atoms with van der Waals surface area (Å²) in [6.07, 6.45) is 4.26. The van der Waals surface area contributed by atoms with Crippen molar-refractivity contribution in [3.05, 3.63) is 22.2 Å². The van der Waals surface area contributed by atoms with Crippen molar-refractivity contribution in [1.29, 1.82) is 0 Å². The maximum atomic E-state index is 4.17. The van der Waals surface area contributed by atoms with Gasteiger partial charge >= 0.3 is 0 Å². The summed E-state index contributed by atoms with van der Waals surface area (Å²) in [5.74, 6) is 0. The van der Waals surface area contributed by atoms with Crippen LogP contribution in [0.2, 0.25) is 0 Å². The van der Waals surface area contributed by atoms with Gasteiger partial charge in [0.2, 0.25) is 0 Å². The Morgan fingerprint density at radius 3 is 2.92 bits per heavy atom. The van der Waals surface area contributed by atoms with E-state index in [1.54, 1.807) is 11.3 Å². The fourth-order valence-corrected chi connectivity index (χ4v) is 1.50. The van der Waals surface area contributed by atoms with Crippen LogP contribution in [0.15, 0.2) is 11.6 Å². The van der Waals surface area contributed by atoms with Crippen molar-refractivity contribution >= 4 is 17.4 Å². The number of hydrogen-bond donors (Lipinski definition) is 1. The minimum Gasteiger partial charge on any atom is -0.314 e. The van der Waals surface area contributed by atoms with Gasteiger partial charge in [0.1, 0.15) is 0 Å². The molecule has 0 saturated carbocycles. The van der Waals surface area contributed by atoms with Crippen molar-refractivity contribution in [2.45, 2.75) is 19.9 Å². The van der Waals surface area contributed by atoms with Crippen molar-refractivity contribution in [2.75, 3.05) is 7.05 Å².